The van der Waals surface area contributed by atoms with E-state index in [0.717, 1.165) is 54.7 Å². The first-order chi connectivity index (χ1) is 15.6. The van der Waals surface area contributed by atoms with Crippen molar-refractivity contribution in [2.24, 2.45) is 11.3 Å². The second-order valence-corrected chi connectivity index (χ2v) is 10.2. The van der Waals surface area contributed by atoms with Crippen molar-refractivity contribution in [1.29, 1.82) is 0 Å². The van der Waals surface area contributed by atoms with Gasteiger partial charge >= 0.3 is 0 Å². The summed E-state index contributed by atoms with van der Waals surface area (Å²) >= 11 is 1.71. The molecule has 2 fully saturated rings. The van der Waals surface area contributed by atoms with Gasteiger partial charge in [0.15, 0.2) is 0 Å². The first kappa shape index (κ1) is 21.1. The van der Waals surface area contributed by atoms with Gasteiger partial charge in [0, 0.05) is 43.9 Å². The van der Waals surface area contributed by atoms with Crippen LogP contribution in [0, 0.1) is 11.3 Å². The quantitative estimate of drug-likeness (QED) is 0.594. The number of aromatic nitrogens is 2. The van der Waals surface area contributed by atoms with Crippen LogP contribution in [0.2, 0.25) is 0 Å². The fraction of sp³-hybridized carbons (Fsp3) is 0.440. The Labute approximate surface area is 192 Å². The van der Waals surface area contributed by atoms with Crippen molar-refractivity contribution in [2.45, 2.75) is 45.1 Å². The van der Waals surface area contributed by atoms with Gasteiger partial charge in [0.1, 0.15) is 0 Å². The number of carbonyl (C=O) groups excluding carboxylic acids is 2. The number of hydrogen-bond donors (Lipinski definition) is 1. The van der Waals surface area contributed by atoms with Crippen LogP contribution in [0.15, 0.2) is 48.8 Å². The van der Waals surface area contributed by atoms with E-state index in [1.165, 1.54) is 4.70 Å². The van der Waals surface area contributed by atoms with Crippen LogP contribution in [0.4, 0.5) is 0 Å². The van der Waals surface area contributed by atoms with Crippen molar-refractivity contribution in [1.82, 2.24) is 20.2 Å². The molecule has 1 spiro atoms. The van der Waals surface area contributed by atoms with E-state index in [4.69, 9.17) is 0 Å². The lowest BCUT2D eigenvalue weighted by Gasteiger charge is -2.41. The van der Waals surface area contributed by atoms with Gasteiger partial charge in [-0.1, -0.05) is 18.6 Å². The highest BCUT2D eigenvalue weighted by Crippen LogP contribution is 2.51. The lowest BCUT2D eigenvalue weighted by atomic mass is 9.62. The molecule has 2 amide bonds. The second-order valence-electron chi connectivity index (χ2n) is 9.04. The molecule has 1 saturated heterocycles. The standard InChI is InChI=1S/C25H28N4O2S/c30-23(8-3-7-22-28-20-5-1-2-6-21(20)32-22)29-16-19(25(17-29)11-4-12-25)24(31)27-15-18-9-13-26-14-10-18/h1-2,5-6,9-10,13-14,19H,3-4,7-8,11-12,15-17H2,(H,27,31). The molecule has 1 atom stereocenters. The first-order valence-corrected chi connectivity index (χ1v) is 12.2. The molecule has 166 valence electrons. The molecule has 2 aromatic heterocycles. The van der Waals surface area contributed by atoms with Gasteiger partial charge in [-0.15, -0.1) is 11.3 Å². The number of amides is 2. The van der Waals surface area contributed by atoms with E-state index < -0.39 is 0 Å². The summed E-state index contributed by atoms with van der Waals surface area (Å²) in [6.45, 7) is 1.77. The number of fused-ring (bicyclic) bond motifs is 1. The third-order valence-corrected chi connectivity index (χ3v) is 8.10. The van der Waals surface area contributed by atoms with Crippen LogP contribution in [0.3, 0.4) is 0 Å². The monoisotopic (exact) mass is 448 g/mol. The Morgan fingerprint density at radius 3 is 2.72 bits per heavy atom. The maximum absolute atomic E-state index is 13.0. The van der Waals surface area contributed by atoms with Crippen molar-refractivity contribution in [3.05, 3.63) is 59.4 Å². The summed E-state index contributed by atoms with van der Waals surface area (Å²) in [7, 11) is 0. The van der Waals surface area contributed by atoms with E-state index in [9.17, 15) is 9.59 Å². The van der Waals surface area contributed by atoms with Crippen molar-refractivity contribution in [2.75, 3.05) is 13.1 Å². The third-order valence-electron chi connectivity index (χ3n) is 7.00. The zero-order chi connectivity index (χ0) is 22.0. The predicted octanol–water partition coefficient (Wildman–Crippen LogP) is 3.96. The Bertz CT molecular complexity index is 1080. The molecule has 7 heteroatoms. The Hall–Kier alpha value is -2.80. The van der Waals surface area contributed by atoms with E-state index >= 15 is 0 Å². The van der Waals surface area contributed by atoms with Crippen molar-refractivity contribution >= 4 is 33.4 Å². The van der Waals surface area contributed by atoms with Crippen molar-refractivity contribution in [3.8, 4) is 0 Å². The number of para-hydroxylation sites is 1. The van der Waals surface area contributed by atoms with Crippen molar-refractivity contribution in [3.63, 3.8) is 0 Å². The average molecular weight is 449 g/mol. The number of likely N-dealkylation sites (tertiary alicyclic amines) is 1. The summed E-state index contributed by atoms with van der Waals surface area (Å²) in [6, 6.07) is 12.0. The highest BCUT2D eigenvalue weighted by Gasteiger charge is 2.54. The van der Waals surface area contributed by atoms with Gasteiger partial charge in [-0.05, 0) is 55.5 Å². The van der Waals surface area contributed by atoms with Gasteiger partial charge in [0.2, 0.25) is 11.8 Å². The lowest BCUT2D eigenvalue weighted by molar-refractivity contribution is -0.130. The Balaban J connectivity index is 1.15. The van der Waals surface area contributed by atoms with Crippen LogP contribution in [-0.4, -0.2) is 39.8 Å². The molecule has 1 aliphatic heterocycles. The summed E-state index contributed by atoms with van der Waals surface area (Å²) in [5, 5.41) is 4.18. The van der Waals surface area contributed by atoms with Gasteiger partial charge in [-0.3, -0.25) is 14.6 Å². The molecule has 3 aromatic rings. The summed E-state index contributed by atoms with van der Waals surface area (Å²) in [5.41, 5.74) is 2.05. The average Bonchev–Trinajstić information content (AvgIpc) is 3.40. The number of nitrogens with one attached hydrogen (secondary N) is 1. The molecule has 1 aliphatic carbocycles. The Morgan fingerprint density at radius 2 is 1.97 bits per heavy atom. The molecule has 3 heterocycles. The summed E-state index contributed by atoms with van der Waals surface area (Å²) in [5.74, 6) is 0.138. The number of carbonyl (C=O) groups is 2. The molecule has 2 aliphatic rings. The summed E-state index contributed by atoms with van der Waals surface area (Å²) in [6.07, 6.45) is 8.82. The Kier molecular flexibility index (Phi) is 5.91. The van der Waals surface area contributed by atoms with E-state index in [1.54, 1.807) is 23.7 Å². The van der Waals surface area contributed by atoms with E-state index in [-0.39, 0.29) is 23.1 Å². The third kappa shape index (κ3) is 4.26. The number of benzene rings is 1. The topological polar surface area (TPSA) is 75.2 Å². The maximum atomic E-state index is 13.0. The number of nitrogens with zero attached hydrogens (tertiary/aromatic N) is 3. The molecule has 5 rings (SSSR count). The van der Waals surface area contributed by atoms with Gasteiger partial charge in [-0.25, -0.2) is 4.98 Å². The fourth-order valence-electron chi connectivity index (χ4n) is 5.05. The fourth-order valence-corrected chi connectivity index (χ4v) is 6.06. The molecule has 1 aromatic carbocycles. The van der Waals surface area contributed by atoms with E-state index in [0.29, 0.717) is 19.5 Å². The second kappa shape index (κ2) is 8.98. The summed E-state index contributed by atoms with van der Waals surface area (Å²) < 4.78 is 1.20. The molecule has 1 saturated carbocycles. The summed E-state index contributed by atoms with van der Waals surface area (Å²) in [4.78, 5) is 36.6. The van der Waals surface area contributed by atoms with E-state index in [2.05, 4.69) is 21.4 Å². The minimum Gasteiger partial charge on any atom is -0.352 e. The number of hydrogen-bond acceptors (Lipinski definition) is 5. The highest BCUT2D eigenvalue weighted by atomic mass is 32.1. The molecular formula is C25H28N4O2S. The zero-order valence-corrected chi connectivity index (χ0v) is 18.9. The molecule has 0 bridgehead atoms. The van der Waals surface area contributed by atoms with Crippen LogP contribution < -0.4 is 5.32 Å². The largest absolute Gasteiger partial charge is 0.352 e. The number of rotatable bonds is 7. The van der Waals surface area contributed by atoms with Gasteiger partial charge < -0.3 is 10.2 Å². The smallest absolute Gasteiger partial charge is 0.225 e. The Morgan fingerprint density at radius 1 is 1.16 bits per heavy atom. The maximum Gasteiger partial charge on any atom is 0.225 e. The number of aryl methyl sites for hydroxylation is 1. The molecule has 32 heavy (non-hydrogen) atoms. The minimum atomic E-state index is -0.105. The zero-order valence-electron chi connectivity index (χ0n) is 18.1. The first-order valence-electron chi connectivity index (χ1n) is 11.4. The van der Waals surface area contributed by atoms with Crippen LogP contribution >= 0.6 is 11.3 Å². The molecule has 1 unspecified atom stereocenters. The van der Waals surface area contributed by atoms with Gasteiger partial charge in [-0.2, -0.15) is 0 Å². The van der Waals surface area contributed by atoms with Gasteiger partial charge in [0.05, 0.1) is 21.1 Å². The SMILES string of the molecule is O=C(NCc1ccncc1)C1CN(C(=O)CCCc2nc3ccccc3s2)CC12CCC2. The molecule has 0 radical (unpaired) electrons. The number of pyridine rings is 1. The molecule has 6 nitrogen and oxygen atoms in total. The minimum absolute atomic E-state index is 0.0228. The van der Waals surface area contributed by atoms with Crippen LogP contribution in [0.1, 0.15) is 42.7 Å². The van der Waals surface area contributed by atoms with Crippen molar-refractivity contribution < 1.29 is 9.59 Å². The van der Waals surface area contributed by atoms with Gasteiger partial charge in [0.25, 0.3) is 0 Å². The predicted molar refractivity (Wildman–Crippen MR) is 125 cm³/mol. The molecular weight excluding hydrogens is 420 g/mol. The highest BCUT2D eigenvalue weighted by molar-refractivity contribution is 7.18. The van der Waals surface area contributed by atoms with Crippen LogP contribution in [0.5, 0.6) is 0 Å². The molecule has 1 N–H and O–H groups in total. The van der Waals surface area contributed by atoms with E-state index in [1.807, 2.05) is 35.2 Å². The normalized spacial score (nSPS) is 19.2. The number of thiazole rings is 1. The van der Waals surface area contributed by atoms with Crippen LogP contribution in [0.25, 0.3) is 10.2 Å². The lowest BCUT2D eigenvalue weighted by Crippen LogP contribution is -2.45. The van der Waals surface area contributed by atoms with Crippen LogP contribution in [-0.2, 0) is 22.6 Å².